The van der Waals surface area contributed by atoms with Crippen LogP contribution in [0.25, 0.3) is 0 Å². The maximum atomic E-state index is 12.6. The molecule has 1 aliphatic heterocycles. The molecule has 0 bridgehead atoms. The summed E-state index contributed by atoms with van der Waals surface area (Å²) in [5.74, 6) is -0.141. The normalized spacial score (nSPS) is 14.7. The number of nitrogens with zero attached hydrogens (tertiary/aromatic N) is 1. The molecule has 2 rings (SSSR count). The summed E-state index contributed by atoms with van der Waals surface area (Å²) in [5, 5.41) is 6.14. The van der Waals surface area contributed by atoms with Crippen molar-refractivity contribution in [1.82, 2.24) is 15.5 Å². The van der Waals surface area contributed by atoms with E-state index in [-0.39, 0.29) is 30.3 Å². The molecule has 1 aromatic rings. The number of hydrogen-bond donors (Lipinski definition) is 2. The molecular formula is C17H26ClN3O2. The second-order valence-electron chi connectivity index (χ2n) is 5.73. The van der Waals surface area contributed by atoms with Gasteiger partial charge in [-0.1, -0.05) is 13.0 Å². The number of nitrogens with one attached hydrogen (secondary N) is 2. The monoisotopic (exact) mass is 339 g/mol. The van der Waals surface area contributed by atoms with Crippen LogP contribution in [0, 0.1) is 0 Å². The van der Waals surface area contributed by atoms with Crippen LogP contribution in [-0.4, -0.2) is 49.4 Å². The van der Waals surface area contributed by atoms with Crippen LogP contribution in [-0.2, 0) is 0 Å². The van der Waals surface area contributed by atoms with E-state index in [0.717, 1.165) is 32.4 Å². The minimum absolute atomic E-state index is 0. The van der Waals surface area contributed by atoms with Crippen LogP contribution >= 0.6 is 12.4 Å². The first kappa shape index (κ1) is 19.5. The van der Waals surface area contributed by atoms with Gasteiger partial charge in [-0.3, -0.25) is 9.59 Å². The molecule has 128 valence electrons. The zero-order valence-electron chi connectivity index (χ0n) is 13.8. The van der Waals surface area contributed by atoms with Crippen LogP contribution in [0.3, 0.4) is 0 Å². The fourth-order valence-electron chi connectivity index (χ4n) is 2.70. The molecule has 1 fully saturated rings. The van der Waals surface area contributed by atoms with Gasteiger partial charge in [0.15, 0.2) is 0 Å². The number of carbonyl (C=O) groups is 2. The number of benzene rings is 1. The van der Waals surface area contributed by atoms with Gasteiger partial charge < -0.3 is 15.5 Å². The molecule has 0 unspecified atom stereocenters. The highest BCUT2D eigenvalue weighted by Crippen LogP contribution is 2.15. The van der Waals surface area contributed by atoms with E-state index in [1.165, 1.54) is 0 Å². The first-order valence-corrected chi connectivity index (χ1v) is 7.99. The minimum Gasteiger partial charge on any atom is -0.352 e. The highest BCUT2D eigenvalue weighted by Gasteiger charge is 2.23. The zero-order chi connectivity index (χ0) is 15.9. The first-order valence-electron chi connectivity index (χ1n) is 7.99. The van der Waals surface area contributed by atoms with Gasteiger partial charge in [0.25, 0.3) is 11.8 Å². The van der Waals surface area contributed by atoms with Crippen molar-refractivity contribution in [3.8, 4) is 0 Å². The third kappa shape index (κ3) is 5.22. The molecule has 0 atom stereocenters. The van der Waals surface area contributed by atoms with Crippen LogP contribution in [0.4, 0.5) is 0 Å². The molecular weight excluding hydrogens is 314 g/mol. The Balaban J connectivity index is 0.00000264. The number of carbonyl (C=O) groups excluding carboxylic acids is 2. The second kappa shape index (κ2) is 9.53. The second-order valence-corrected chi connectivity index (χ2v) is 5.73. The Kier molecular flexibility index (Phi) is 8.06. The van der Waals surface area contributed by atoms with Crippen molar-refractivity contribution in [1.29, 1.82) is 0 Å². The van der Waals surface area contributed by atoms with Crippen LogP contribution in [0.1, 0.15) is 46.9 Å². The van der Waals surface area contributed by atoms with E-state index >= 15 is 0 Å². The summed E-state index contributed by atoms with van der Waals surface area (Å²) in [4.78, 5) is 26.4. The van der Waals surface area contributed by atoms with Gasteiger partial charge in [0, 0.05) is 30.8 Å². The molecule has 0 aromatic heterocycles. The minimum atomic E-state index is -0.124. The van der Waals surface area contributed by atoms with Crippen molar-refractivity contribution in [2.75, 3.05) is 26.7 Å². The predicted octanol–water partition coefficient (Wildman–Crippen LogP) is 2.07. The summed E-state index contributed by atoms with van der Waals surface area (Å²) in [7, 11) is 1.85. The van der Waals surface area contributed by atoms with Gasteiger partial charge in [-0.05, 0) is 50.6 Å². The van der Waals surface area contributed by atoms with Crippen molar-refractivity contribution in [2.45, 2.75) is 32.2 Å². The molecule has 2 N–H and O–H groups in total. The Morgan fingerprint density at radius 1 is 1.26 bits per heavy atom. The Bertz CT molecular complexity index is 530. The molecule has 0 saturated carbocycles. The maximum Gasteiger partial charge on any atom is 0.253 e. The predicted molar refractivity (Wildman–Crippen MR) is 94.3 cm³/mol. The standard InChI is InChI=1S/C17H25N3O2.ClH/c1-3-9-19-16(21)13-5-4-6-14(12-13)17(22)20(2)15-7-10-18-11-8-15;/h4-6,12,15,18H,3,7-11H2,1-2H3,(H,19,21);1H. The van der Waals surface area contributed by atoms with Gasteiger partial charge in [-0.25, -0.2) is 0 Å². The number of hydrogen-bond acceptors (Lipinski definition) is 3. The van der Waals surface area contributed by atoms with Gasteiger partial charge >= 0.3 is 0 Å². The third-order valence-electron chi connectivity index (χ3n) is 4.08. The number of rotatable bonds is 5. The average Bonchev–Trinajstić information content (AvgIpc) is 2.59. The van der Waals surface area contributed by atoms with E-state index in [1.807, 2.05) is 18.9 Å². The molecule has 0 aliphatic carbocycles. The molecule has 6 heteroatoms. The van der Waals surface area contributed by atoms with E-state index in [1.54, 1.807) is 24.3 Å². The summed E-state index contributed by atoms with van der Waals surface area (Å²) >= 11 is 0. The van der Waals surface area contributed by atoms with Crippen molar-refractivity contribution in [3.05, 3.63) is 35.4 Å². The molecule has 1 saturated heterocycles. The summed E-state index contributed by atoms with van der Waals surface area (Å²) in [6, 6.07) is 7.24. The third-order valence-corrected chi connectivity index (χ3v) is 4.08. The fraction of sp³-hybridized carbons (Fsp3) is 0.529. The van der Waals surface area contributed by atoms with Crippen molar-refractivity contribution < 1.29 is 9.59 Å². The lowest BCUT2D eigenvalue weighted by atomic mass is 10.0. The topological polar surface area (TPSA) is 61.4 Å². The van der Waals surface area contributed by atoms with E-state index < -0.39 is 0 Å². The number of halogens is 1. The van der Waals surface area contributed by atoms with Gasteiger partial charge in [0.05, 0.1) is 0 Å². The molecule has 1 heterocycles. The number of piperidine rings is 1. The van der Waals surface area contributed by atoms with E-state index in [2.05, 4.69) is 10.6 Å². The van der Waals surface area contributed by atoms with Crippen LogP contribution in [0.5, 0.6) is 0 Å². The van der Waals surface area contributed by atoms with Gasteiger partial charge in [-0.15, -0.1) is 12.4 Å². The summed E-state index contributed by atoms with van der Waals surface area (Å²) in [6.45, 7) is 4.55. The summed E-state index contributed by atoms with van der Waals surface area (Å²) < 4.78 is 0. The Hall–Kier alpha value is -1.59. The smallest absolute Gasteiger partial charge is 0.253 e. The molecule has 1 aromatic carbocycles. The summed E-state index contributed by atoms with van der Waals surface area (Å²) in [6.07, 6.45) is 2.83. The van der Waals surface area contributed by atoms with E-state index in [0.29, 0.717) is 17.7 Å². The first-order chi connectivity index (χ1) is 10.6. The molecule has 0 spiro atoms. The molecule has 1 aliphatic rings. The zero-order valence-corrected chi connectivity index (χ0v) is 14.6. The average molecular weight is 340 g/mol. The maximum absolute atomic E-state index is 12.6. The Morgan fingerprint density at radius 2 is 1.91 bits per heavy atom. The van der Waals surface area contributed by atoms with Gasteiger partial charge in [0.1, 0.15) is 0 Å². The molecule has 2 amide bonds. The van der Waals surface area contributed by atoms with E-state index in [9.17, 15) is 9.59 Å². The highest BCUT2D eigenvalue weighted by molar-refractivity contribution is 5.99. The van der Waals surface area contributed by atoms with Crippen LogP contribution in [0.15, 0.2) is 24.3 Å². The largest absolute Gasteiger partial charge is 0.352 e. The quantitative estimate of drug-likeness (QED) is 0.863. The van der Waals surface area contributed by atoms with Crippen molar-refractivity contribution in [2.24, 2.45) is 0 Å². The summed E-state index contributed by atoms with van der Waals surface area (Å²) in [5.41, 5.74) is 1.11. The lowest BCUT2D eigenvalue weighted by molar-refractivity contribution is 0.0703. The van der Waals surface area contributed by atoms with Crippen molar-refractivity contribution >= 4 is 24.2 Å². The Morgan fingerprint density at radius 3 is 2.57 bits per heavy atom. The lowest BCUT2D eigenvalue weighted by Gasteiger charge is -2.31. The Labute approximate surface area is 144 Å². The lowest BCUT2D eigenvalue weighted by Crippen LogP contribution is -2.44. The molecule has 5 nitrogen and oxygen atoms in total. The number of amides is 2. The SMILES string of the molecule is CCCNC(=O)c1cccc(C(=O)N(C)C2CCNCC2)c1.Cl. The van der Waals surface area contributed by atoms with Gasteiger partial charge in [0.2, 0.25) is 0 Å². The molecule has 23 heavy (non-hydrogen) atoms. The highest BCUT2D eigenvalue weighted by atomic mass is 35.5. The van der Waals surface area contributed by atoms with Gasteiger partial charge in [-0.2, -0.15) is 0 Å². The van der Waals surface area contributed by atoms with Crippen LogP contribution in [0.2, 0.25) is 0 Å². The fourth-order valence-corrected chi connectivity index (χ4v) is 2.70. The van der Waals surface area contributed by atoms with E-state index in [4.69, 9.17) is 0 Å². The molecule has 0 radical (unpaired) electrons. The van der Waals surface area contributed by atoms with Crippen molar-refractivity contribution in [3.63, 3.8) is 0 Å². The van der Waals surface area contributed by atoms with Crippen LogP contribution < -0.4 is 10.6 Å².